The van der Waals surface area contributed by atoms with E-state index in [1.54, 1.807) is 12.3 Å². The Balaban J connectivity index is 1.71. The quantitative estimate of drug-likeness (QED) is 0.755. The number of carbonyl (C=O) groups excluding carboxylic acids is 1. The van der Waals surface area contributed by atoms with Gasteiger partial charge in [-0.2, -0.15) is 0 Å². The average molecular weight is 326 g/mol. The Labute approximate surface area is 138 Å². The zero-order valence-electron chi connectivity index (χ0n) is 13.7. The van der Waals surface area contributed by atoms with Crippen LogP contribution in [-0.4, -0.2) is 32.3 Å². The normalized spacial score (nSPS) is 17.8. The number of aromatic nitrogens is 3. The molecule has 1 aromatic carbocycles. The molecule has 1 amide bonds. The van der Waals surface area contributed by atoms with Crippen LogP contribution in [0.1, 0.15) is 46.5 Å². The van der Waals surface area contributed by atoms with Gasteiger partial charge in [0.25, 0.3) is 5.91 Å². The molecule has 1 saturated heterocycles. The first kappa shape index (κ1) is 14.9. The molecular formula is C18H19FN4O. The topological polar surface area (TPSA) is 64.8 Å². The van der Waals surface area contributed by atoms with Crippen molar-refractivity contribution < 1.29 is 9.18 Å². The first-order valence-corrected chi connectivity index (χ1v) is 8.15. The van der Waals surface area contributed by atoms with Crippen LogP contribution in [0, 0.1) is 19.7 Å². The minimum absolute atomic E-state index is 0.0336. The Hall–Kier alpha value is -2.63. The lowest BCUT2D eigenvalue weighted by atomic mass is 10.1. The van der Waals surface area contributed by atoms with E-state index in [1.165, 1.54) is 12.1 Å². The molecule has 1 atom stereocenters. The number of rotatable bonds is 2. The van der Waals surface area contributed by atoms with E-state index in [1.807, 2.05) is 18.7 Å². The first-order valence-electron chi connectivity index (χ1n) is 8.15. The van der Waals surface area contributed by atoms with E-state index in [-0.39, 0.29) is 17.8 Å². The number of benzene rings is 1. The van der Waals surface area contributed by atoms with Gasteiger partial charge in [0.2, 0.25) is 0 Å². The molecule has 124 valence electrons. The van der Waals surface area contributed by atoms with Crippen LogP contribution >= 0.6 is 0 Å². The fourth-order valence-corrected chi connectivity index (χ4v) is 3.55. The van der Waals surface area contributed by atoms with E-state index in [0.29, 0.717) is 12.2 Å². The Bertz CT molecular complexity index is 926. The second kappa shape index (κ2) is 5.47. The van der Waals surface area contributed by atoms with Crippen molar-refractivity contribution in [1.29, 1.82) is 0 Å². The molecule has 1 aliphatic heterocycles. The molecule has 24 heavy (non-hydrogen) atoms. The summed E-state index contributed by atoms with van der Waals surface area (Å²) in [6.45, 7) is 4.51. The summed E-state index contributed by atoms with van der Waals surface area (Å²) in [5.41, 5.74) is 3.09. The van der Waals surface area contributed by atoms with Gasteiger partial charge in [0.1, 0.15) is 17.3 Å². The van der Waals surface area contributed by atoms with Gasteiger partial charge >= 0.3 is 0 Å². The molecule has 2 N–H and O–H groups in total. The molecule has 5 nitrogen and oxygen atoms in total. The molecule has 0 saturated carbocycles. The Kier molecular flexibility index (Phi) is 3.40. The van der Waals surface area contributed by atoms with Gasteiger partial charge in [0.05, 0.1) is 6.04 Å². The second-order valence-electron chi connectivity index (χ2n) is 6.42. The highest BCUT2D eigenvalue weighted by molar-refractivity contribution is 6.01. The highest BCUT2D eigenvalue weighted by atomic mass is 19.1. The van der Waals surface area contributed by atoms with Crippen molar-refractivity contribution in [3.8, 4) is 0 Å². The lowest BCUT2D eigenvalue weighted by Crippen LogP contribution is -2.31. The molecule has 0 bridgehead atoms. The maximum atomic E-state index is 13.5. The minimum Gasteiger partial charge on any atom is -0.350 e. The van der Waals surface area contributed by atoms with E-state index in [9.17, 15) is 9.18 Å². The van der Waals surface area contributed by atoms with Gasteiger partial charge in [-0.05, 0) is 50.5 Å². The lowest BCUT2D eigenvalue weighted by molar-refractivity contribution is 0.0724. The van der Waals surface area contributed by atoms with Crippen LogP contribution in [0.3, 0.4) is 0 Å². The fraction of sp³-hybridized carbons (Fsp3) is 0.333. The highest BCUT2D eigenvalue weighted by Gasteiger charge is 2.33. The number of nitrogens with zero attached hydrogens (tertiary/aromatic N) is 2. The van der Waals surface area contributed by atoms with Gasteiger partial charge in [-0.25, -0.2) is 9.37 Å². The number of halogens is 1. The maximum Gasteiger partial charge on any atom is 0.271 e. The summed E-state index contributed by atoms with van der Waals surface area (Å²) in [6, 6.07) is 4.51. The van der Waals surface area contributed by atoms with E-state index in [2.05, 4.69) is 15.0 Å². The molecule has 2 aromatic heterocycles. The Morgan fingerprint density at radius 1 is 1.33 bits per heavy atom. The molecule has 3 heterocycles. The van der Waals surface area contributed by atoms with Crippen molar-refractivity contribution in [3.05, 3.63) is 53.0 Å². The number of imidazole rings is 1. The predicted octanol–water partition coefficient (Wildman–Crippen LogP) is 3.62. The molecule has 0 radical (unpaired) electrons. The van der Waals surface area contributed by atoms with Crippen molar-refractivity contribution in [2.45, 2.75) is 32.7 Å². The summed E-state index contributed by atoms with van der Waals surface area (Å²) in [7, 11) is 0. The number of aryl methyl sites for hydroxylation is 2. The van der Waals surface area contributed by atoms with Crippen LogP contribution in [0.4, 0.5) is 4.39 Å². The van der Waals surface area contributed by atoms with Crippen molar-refractivity contribution in [1.82, 2.24) is 19.9 Å². The van der Waals surface area contributed by atoms with E-state index < -0.39 is 0 Å². The fourth-order valence-electron chi connectivity index (χ4n) is 3.55. The Morgan fingerprint density at radius 3 is 2.92 bits per heavy atom. The van der Waals surface area contributed by atoms with Crippen LogP contribution in [0.25, 0.3) is 10.9 Å². The molecule has 1 fully saturated rings. The maximum absolute atomic E-state index is 13.5. The van der Waals surface area contributed by atoms with E-state index >= 15 is 0 Å². The van der Waals surface area contributed by atoms with Crippen molar-refractivity contribution in [3.63, 3.8) is 0 Å². The van der Waals surface area contributed by atoms with Crippen molar-refractivity contribution >= 4 is 16.8 Å². The second-order valence-corrected chi connectivity index (χ2v) is 6.42. The number of hydrogen-bond acceptors (Lipinski definition) is 2. The molecule has 0 aliphatic carbocycles. The summed E-state index contributed by atoms with van der Waals surface area (Å²) >= 11 is 0. The van der Waals surface area contributed by atoms with Crippen LogP contribution in [0.5, 0.6) is 0 Å². The molecule has 1 aliphatic rings. The van der Waals surface area contributed by atoms with Gasteiger partial charge in [0, 0.05) is 29.3 Å². The lowest BCUT2D eigenvalue weighted by Gasteiger charge is -2.23. The molecule has 1 unspecified atom stereocenters. The van der Waals surface area contributed by atoms with Gasteiger partial charge in [-0.1, -0.05) is 0 Å². The zero-order chi connectivity index (χ0) is 16.8. The highest BCUT2D eigenvalue weighted by Crippen LogP contribution is 2.33. The molecule has 0 spiro atoms. The van der Waals surface area contributed by atoms with Crippen LogP contribution in [0.15, 0.2) is 24.4 Å². The summed E-state index contributed by atoms with van der Waals surface area (Å²) in [5, 5.41) is 0.753. The third kappa shape index (κ3) is 2.29. The Morgan fingerprint density at radius 2 is 2.17 bits per heavy atom. The summed E-state index contributed by atoms with van der Waals surface area (Å²) in [4.78, 5) is 25.7. The monoisotopic (exact) mass is 326 g/mol. The molecule has 6 heteroatoms. The number of carbonyl (C=O) groups is 1. The first-order chi connectivity index (χ1) is 11.5. The standard InChI is InChI=1S/C18H19FN4O/c1-10-9-20-17(21-10)15-4-3-7-23(15)18(24)16-11(2)13-8-12(19)5-6-14(13)22-16/h5-6,8-9,15,22H,3-4,7H2,1-2H3,(H,20,21). The van der Waals surface area contributed by atoms with E-state index in [0.717, 1.165) is 40.8 Å². The molecular weight excluding hydrogens is 307 g/mol. The van der Waals surface area contributed by atoms with Crippen LogP contribution < -0.4 is 0 Å². The average Bonchev–Trinajstić information content (AvgIpc) is 3.26. The molecule has 4 rings (SSSR count). The predicted molar refractivity (Wildman–Crippen MR) is 89.3 cm³/mol. The van der Waals surface area contributed by atoms with Gasteiger partial charge in [0.15, 0.2) is 0 Å². The summed E-state index contributed by atoms with van der Waals surface area (Å²) in [5.74, 6) is 0.479. The summed E-state index contributed by atoms with van der Waals surface area (Å²) < 4.78 is 13.5. The number of likely N-dealkylation sites (tertiary alicyclic amines) is 1. The number of aromatic amines is 2. The minimum atomic E-state index is -0.297. The SMILES string of the molecule is Cc1cnc(C2CCCN2C(=O)c2[nH]c3ccc(F)cc3c2C)[nH]1. The number of hydrogen-bond donors (Lipinski definition) is 2. The number of amides is 1. The number of nitrogens with one attached hydrogen (secondary N) is 2. The van der Waals surface area contributed by atoms with Crippen molar-refractivity contribution in [2.24, 2.45) is 0 Å². The van der Waals surface area contributed by atoms with Crippen LogP contribution in [0.2, 0.25) is 0 Å². The number of fused-ring (bicyclic) bond motifs is 1. The van der Waals surface area contributed by atoms with Gasteiger partial charge < -0.3 is 14.9 Å². The van der Waals surface area contributed by atoms with Crippen LogP contribution in [-0.2, 0) is 0 Å². The smallest absolute Gasteiger partial charge is 0.271 e. The van der Waals surface area contributed by atoms with Gasteiger partial charge in [-0.15, -0.1) is 0 Å². The van der Waals surface area contributed by atoms with Crippen molar-refractivity contribution in [2.75, 3.05) is 6.54 Å². The zero-order valence-corrected chi connectivity index (χ0v) is 13.7. The third-order valence-corrected chi connectivity index (χ3v) is 4.79. The van der Waals surface area contributed by atoms with E-state index in [4.69, 9.17) is 0 Å². The number of H-pyrrole nitrogens is 2. The third-order valence-electron chi connectivity index (χ3n) is 4.79. The van der Waals surface area contributed by atoms with Gasteiger partial charge in [-0.3, -0.25) is 4.79 Å². The largest absolute Gasteiger partial charge is 0.350 e. The molecule has 3 aromatic rings. The summed E-state index contributed by atoms with van der Waals surface area (Å²) in [6.07, 6.45) is 3.63.